The van der Waals surface area contributed by atoms with Gasteiger partial charge in [-0.1, -0.05) is 23.7 Å². The van der Waals surface area contributed by atoms with Crippen LogP contribution in [-0.4, -0.2) is 51.2 Å². The van der Waals surface area contributed by atoms with Gasteiger partial charge in [0.25, 0.3) is 0 Å². The van der Waals surface area contributed by atoms with Crippen molar-refractivity contribution in [2.24, 2.45) is 0 Å². The Morgan fingerprint density at radius 3 is 2.33 bits per heavy atom. The molecule has 0 bridgehead atoms. The van der Waals surface area contributed by atoms with Crippen LogP contribution in [0.15, 0.2) is 53.4 Å². The number of nitrogens with one attached hydrogen (secondary N) is 1. The summed E-state index contributed by atoms with van der Waals surface area (Å²) in [6.07, 6.45) is 0.328. The molecule has 146 valence electrons. The van der Waals surface area contributed by atoms with Crippen molar-refractivity contribution in [3.63, 3.8) is 0 Å². The predicted octanol–water partition coefficient (Wildman–Crippen LogP) is 3.05. The van der Waals surface area contributed by atoms with E-state index in [1.807, 2.05) is 36.2 Å². The Bertz CT molecular complexity index is 883. The van der Waals surface area contributed by atoms with E-state index < -0.39 is 10.0 Å². The van der Waals surface area contributed by atoms with Gasteiger partial charge in [-0.2, -0.15) is 0 Å². The number of rotatable bonds is 8. The Hall–Kier alpha value is -1.93. The normalized spacial score (nSPS) is 11.8. The molecule has 0 aliphatic heterocycles. The van der Waals surface area contributed by atoms with Crippen molar-refractivity contribution in [3.8, 4) is 0 Å². The maximum Gasteiger partial charge on any atom is 0.242 e. The van der Waals surface area contributed by atoms with Crippen LogP contribution in [0.5, 0.6) is 0 Å². The quantitative estimate of drug-likeness (QED) is 0.727. The molecule has 0 aromatic heterocycles. The predicted molar refractivity (Wildman–Crippen MR) is 108 cm³/mol. The van der Waals surface area contributed by atoms with Crippen molar-refractivity contribution in [1.82, 2.24) is 9.21 Å². The molecular weight excluding hydrogens is 386 g/mol. The molecule has 6 nitrogen and oxygen atoms in total. The van der Waals surface area contributed by atoms with Gasteiger partial charge in [0.15, 0.2) is 0 Å². The number of sulfonamides is 1. The SMILES string of the molecule is CN(CCC(=O)Nc1ccc(S(=O)(=O)N(C)C)cc1)Cc1cccc(Cl)c1. The Labute approximate surface area is 165 Å². The lowest BCUT2D eigenvalue weighted by atomic mass is 10.2. The van der Waals surface area contributed by atoms with E-state index in [1.165, 1.54) is 26.2 Å². The summed E-state index contributed by atoms with van der Waals surface area (Å²) in [5.41, 5.74) is 1.65. The summed E-state index contributed by atoms with van der Waals surface area (Å²) in [5, 5.41) is 3.48. The first kappa shape index (κ1) is 21.4. The van der Waals surface area contributed by atoms with Gasteiger partial charge in [-0.05, 0) is 49.0 Å². The topological polar surface area (TPSA) is 69.7 Å². The molecule has 2 aromatic carbocycles. The Kier molecular flexibility index (Phi) is 7.38. The Morgan fingerprint density at radius 2 is 1.74 bits per heavy atom. The maximum absolute atomic E-state index is 12.1. The van der Waals surface area contributed by atoms with Crippen LogP contribution in [0.2, 0.25) is 5.02 Å². The summed E-state index contributed by atoms with van der Waals surface area (Å²) in [6.45, 7) is 1.29. The first-order valence-electron chi connectivity index (χ1n) is 8.44. The number of hydrogen-bond donors (Lipinski definition) is 1. The van der Waals surface area contributed by atoms with Gasteiger partial charge in [-0.15, -0.1) is 0 Å². The smallest absolute Gasteiger partial charge is 0.242 e. The monoisotopic (exact) mass is 409 g/mol. The van der Waals surface area contributed by atoms with Crippen LogP contribution in [0.4, 0.5) is 5.69 Å². The molecule has 0 unspecified atom stereocenters. The molecule has 2 rings (SSSR count). The molecule has 8 heteroatoms. The summed E-state index contributed by atoms with van der Waals surface area (Å²) < 4.78 is 25.2. The number of carbonyl (C=O) groups is 1. The van der Waals surface area contributed by atoms with Crippen molar-refractivity contribution in [1.29, 1.82) is 0 Å². The van der Waals surface area contributed by atoms with Crippen LogP contribution in [0.1, 0.15) is 12.0 Å². The van der Waals surface area contributed by atoms with E-state index in [0.29, 0.717) is 30.2 Å². The average molecular weight is 410 g/mol. The second-order valence-corrected chi connectivity index (χ2v) is 9.07. The highest BCUT2D eigenvalue weighted by Gasteiger charge is 2.16. The van der Waals surface area contributed by atoms with Crippen molar-refractivity contribution < 1.29 is 13.2 Å². The number of anilines is 1. The summed E-state index contributed by atoms with van der Waals surface area (Å²) >= 11 is 5.98. The van der Waals surface area contributed by atoms with Gasteiger partial charge < -0.3 is 10.2 Å². The molecule has 27 heavy (non-hydrogen) atoms. The fourth-order valence-corrected chi connectivity index (χ4v) is 3.58. The zero-order valence-electron chi connectivity index (χ0n) is 15.6. The van der Waals surface area contributed by atoms with Crippen LogP contribution in [0, 0.1) is 0 Å². The van der Waals surface area contributed by atoms with Crippen LogP contribution >= 0.6 is 11.6 Å². The number of benzene rings is 2. The van der Waals surface area contributed by atoms with Crippen LogP contribution < -0.4 is 5.32 Å². The van der Waals surface area contributed by atoms with Crippen molar-refractivity contribution in [2.45, 2.75) is 17.9 Å². The van der Waals surface area contributed by atoms with Crippen LogP contribution in [-0.2, 0) is 21.4 Å². The molecule has 1 N–H and O–H groups in total. The lowest BCUT2D eigenvalue weighted by Crippen LogP contribution is -2.24. The first-order chi connectivity index (χ1) is 12.7. The number of carbonyl (C=O) groups excluding carboxylic acids is 1. The molecule has 0 saturated heterocycles. The van der Waals surface area contributed by atoms with Gasteiger partial charge in [0.2, 0.25) is 15.9 Å². The molecule has 0 radical (unpaired) electrons. The largest absolute Gasteiger partial charge is 0.326 e. The fourth-order valence-electron chi connectivity index (χ4n) is 2.46. The Balaban J connectivity index is 1.85. The Morgan fingerprint density at radius 1 is 1.07 bits per heavy atom. The van der Waals surface area contributed by atoms with E-state index in [2.05, 4.69) is 5.32 Å². The zero-order valence-corrected chi connectivity index (χ0v) is 17.2. The maximum atomic E-state index is 12.1. The van der Waals surface area contributed by atoms with Crippen molar-refractivity contribution in [3.05, 3.63) is 59.1 Å². The van der Waals surface area contributed by atoms with E-state index in [1.54, 1.807) is 12.1 Å². The van der Waals surface area contributed by atoms with Gasteiger partial charge in [0.05, 0.1) is 4.90 Å². The van der Waals surface area contributed by atoms with E-state index in [0.717, 1.165) is 9.87 Å². The van der Waals surface area contributed by atoms with Crippen molar-refractivity contribution in [2.75, 3.05) is 33.0 Å². The van der Waals surface area contributed by atoms with Gasteiger partial charge in [-0.25, -0.2) is 12.7 Å². The summed E-state index contributed by atoms with van der Waals surface area (Å²) in [5.74, 6) is -0.129. The summed E-state index contributed by atoms with van der Waals surface area (Å²) in [4.78, 5) is 14.4. The number of hydrogen-bond acceptors (Lipinski definition) is 4. The molecule has 1 amide bonds. The lowest BCUT2D eigenvalue weighted by Gasteiger charge is -2.16. The molecule has 0 atom stereocenters. The second kappa shape index (κ2) is 9.32. The highest BCUT2D eigenvalue weighted by Crippen LogP contribution is 2.17. The molecule has 0 spiro atoms. The van der Waals surface area contributed by atoms with Gasteiger partial charge in [0, 0.05) is 44.3 Å². The summed E-state index contributed by atoms with van der Waals surface area (Å²) in [6, 6.07) is 13.8. The lowest BCUT2D eigenvalue weighted by molar-refractivity contribution is -0.116. The second-order valence-electron chi connectivity index (χ2n) is 6.48. The van der Waals surface area contributed by atoms with Gasteiger partial charge in [0.1, 0.15) is 0 Å². The van der Waals surface area contributed by atoms with Crippen LogP contribution in [0.3, 0.4) is 0 Å². The fraction of sp³-hybridized carbons (Fsp3) is 0.316. The molecular formula is C19H24ClN3O3S. The standard InChI is InChI=1S/C19H24ClN3O3S/c1-22(2)27(25,26)18-9-7-17(8-10-18)21-19(24)11-12-23(3)14-15-5-4-6-16(20)13-15/h4-10,13H,11-12,14H2,1-3H3,(H,21,24). The molecule has 0 aliphatic carbocycles. The number of halogens is 1. The first-order valence-corrected chi connectivity index (χ1v) is 10.3. The van der Waals surface area contributed by atoms with E-state index in [9.17, 15) is 13.2 Å². The minimum absolute atomic E-state index is 0.129. The van der Waals surface area contributed by atoms with Crippen LogP contribution in [0.25, 0.3) is 0 Å². The minimum Gasteiger partial charge on any atom is -0.326 e. The molecule has 2 aromatic rings. The number of nitrogens with zero attached hydrogens (tertiary/aromatic N) is 2. The third-order valence-electron chi connectivity index (χ3n) is 3.98. The highest BCUT2D eigenvalue weighted by molar-refractivity contribution is 7.89. The third-order valence-corrected chi connectivity index (χ3v) is 6.04. The van der Waals surface area contributed by atoms with E-state index in [4.69, 9.17) is 11.6 Å². The van der Waals surface area contributed by atoms with Gasteiger partial charge >= 0.3 is 0 Å². The number of amides is 1. The minimum atomic E-state index is -3.47. The molecule has 0 fully saturated rings. The van der Waals surface area contributed by atoms with Gasteiger partial charge in [-0.3, -0.25) is 4.79 Å². The molecule has 0 aliphatic rings. The zero-order chi connectivity index (χ0) is 20.0. The van der Waals surface area contributed by atoms with E-state index in [-0.39, 0.29) is 10.8 Å². The van der Waals surface area contributed by atoms with E-state index >= 15 is 0 Å². The highest BCUT2D eigenvalue weighted by atomic mass is 35.5. The third kappa shape index (κ3) is 6.32. The molecule has 0 saturated carbocycles. The van der Waals surface area contributed by atoms with Crippen molar-refractivity contribution >= 4 is 33.2 Å². The summed E-state index contributed by atoms with van der Waals surface area (Å²) in [7, 11) is 1.42. The molecule has 0 heterocycles. The average Bonchev–Trinajstić information content (AvgIpc) is 2.60.